The zero-order chi connectivity index (χ0) is 65.2. The first-order chi connectivity index (χ1) is 44.0. The fourth-order valence-corrected chi connectivity index (χ4v) is 11.7. The molecule has 458 valence electrons. The van der Waals surface area contributed by atoms with Crippen LogP contribution < -0.4 is 18.3 Å². The van der Waals surface area contributed by atoms with Crippen LogP contribution in [0.5, 0.6) is 0 Å². The van der Waals surface area contributed by atoms with E-state index in [0.717, 1.165) is 91.1 Å². The van der Waals surface area contributed by atoms with Gasteiger partial charge in [0, 0.05) is 92.9 Å². The van der Waals surface area contributed by atoms with Crippen molar-refractivity contribution in [1.29, 1.82) is 0 Å². The molecule has 2 N–H and O–H groups in total. The van der Waals surface area contributed by atoms with E-state index >= 15 is 70.2 Å². The van der Waals surface area contributed by atoms with Crippen molar-refractivity contribution < 1.29 is 88.5 Å². The van der Waals surface area contributed by atoms with Crippen molar-refractivity contribution in [2.75, 3.05) is 0 Å². The van der Waals surface area contributed by atoms with Gasteiger partial charge in [-0.15, -0.1) is 0 Å². The maximum atomic E-state index is 17.4. The van der Waals surface area contributed by atoms with Gasteiger partial charge in [-0.05, 0) is 72.8 Å². The number of aromatic amines is 2. The third kappa shape index (κ3) is 9.15. The van der Waals surface area contributed by atoms with E-state index in [1.54, 1.807) is 0 Å². The number of aryl methyl sites for hydroxylation is 4. The monoisotopic (exact) mass is 1270 g/mol. The van der Waals surface area contributed by atoms with E-state index in [4.69, 9.17) is 0 Å². The van der Waals surface area contributed by atoms with Crippen molar-refractivity contribution in [3.05, 3.63) is 238 Å². The second-order valence-corrected chi connectivity index (χ2v) is 21.3. The lowest BCUT2D eigenvalue weighted by Gasteiger charge is -2.14. The summed E-state index contributed by atoms with van der Waals surface area (Å²) in [4.78, 5) is 14.0. The maximum absolute atomic E-state index is 17.4. The summed E-state index contributed by atoms with van der Waals surface area (Å²) in [6.45, 7) is 0. The van der Waals surface area contributed by atoms with E-state index in [1.165, 1.54) is 102 Å². The summed E-state index contributed by atoms with van der Waals surface area (Å²) in [6, 6.07) is 19.0. The van der Waals surface area contributed by atoms with Crippen molar-refractivity contribution in [2.45, 2.75) is 0 Å². The third-order valence-corrected chi connectivity index (χ3v) is 16.1. The Bertz CT molecular complexity index is 4570. The van der Waals surface area contributed by atoms with Gasteiger partial charge in [-0.25, -0.2) is 98.5 Å². The van der Waals surface area contributed by atoms with Gasteiger partial charge in [0.25, 0.3) is 0 Å². The highest BCUT2D eigenvalue weighted by Crippen LogP contribution is 2.47. The summed E-state index contributed by atoms with van der Waals surface area (Å²) < 4.78 is 278. The van der Waals surface area contributed by atoms with E-state index in [0.29, 0.717) is 0 Å². The number of nitrogens with zero attached hydrogens (tertiary/aromatic N) is 6. The van der Waals surface area contributed by atoms with Crippen LogP contribution >= 0.6 is 0 Å². The number of nitrogens with one attached hydrogen (secondary N) is 2. The predicted molar refractivity (Wildman–Crippen MR) is 306 cm³/mol. The molecule has 0 aliphatic carbocycles. The van der Waals surface area contributed by atoms with E-state index < -0.39 is 205 Å². The Kier molecular flexibility index (Phi) is 14.6. The molecule has 0 saturated carbocycles. The van der Waals surface area contributed by atoms with Crippen LogP contribution in [0.15, 0.2) is 122 Å². The second-order valence-electron chi connectivity index (χ2n) is 21.3. The Morgan fingerprint density at radius 2 is 0.402 bits per heavy atom. The van der Waals surface area contributed by atoms with Gasteiger partial charge in [0.2, 0.25) is 22.8 Å². The quantitative estimate of drug-likeness (QED) is 0.0904. The van der Waals surface area contributed by atoms with Gasteiger partial charge in [-0.3, -0.25) is 0 Å². The smallest absolute Gasteiger partial charge is 0.218 e. The molecule has 9 heterocycles. The minimum absolute atomic E-state index is 0.387. The summed E-state index contributed by atoms with van der Waals surface area (Å²) in [6.07, 6.45) is 8.66. The number of hydrogen-bond donors (Lipinski definition) is 2. The molecule has 8 nitrogen and oxygen atoms in total. The molecule has 92 heavy (non-hydrogen) atoms. The molecular formula is C68H38F16N8+4. The van der Waals surface area contributed by atoms with Gasteiger partial charge in [-0.1, -0.05) is 0 Å². The largest absolute Gasteiger partial charge is 0.354 e. The molecule has 2 aliphatic rings. The van der Waals surface area contributed by atoms with Crippen molar-refractivity contribution in [3.63, 3.8) is 0 Å². The molecule has 0 amide bonds. The standard InChI is InChI=1S/C68H37F16N8/c1-89-25-9-5-13-37(89)45-53(69)61(77)49(62(78)54(45)70)41-29-17-19-31(85-29)42(50-63(79)55(71)46(56(72)64(50)80)38-14-6-10-26-90(38)2)33-21-23-35(87-33)44(52-67(83)59(75)48(60(76)68(52)84)40-16-8-12-28-92(40)4)36-24-22-34(88-36)43(32-20-18-30(41)86-32)51-65(81)57(73)47(58(74)66(51)82)39-15-7-11-27-91(39)3/h5-28H,1-4H3,(H,85,86,87,88)/q+3/p+1. The predicted octanol–water partition coefficient (Wildman–Crippen LogP) is 15.5. The fourth-order valence-electron chi connectivity index (χ4n) is 11.7. The van der Waals surface area contributed by atoms with E-state index in [-0.39, 0.29) is 22.8 Å². The number of aromatic nitrogens is 8. The van der Waals surface area contributed by atoms with Gasteiger partial charge in [0.05, 0.1) is 45.0 Å². The summed E-state index contributed by atoms with van der Waals surface area (Å²) in [5, 5.41) is 0. The molecule has 0 radical (unpaired) electrons. The molecule has 0 spiro atoms. The van der Waals surface area contributed by atoms with Gasteiger partial charge in [0.1, 0.15) is 50.4 Å². The number of halogens is 16. The van der Waals surface area contributed by atoms with Crippen LogP contribution in [-0.2, 0) is 28.2 Å². The highest BCUT2D eigenvalue weighted by molar-refractivity contribution is 6.01. The first-order valence-corrected chi connectivity index (χ1v) is 27.4. The van der Waals surface area contributed by atoms with Crippen LogP contribution in [0.4, 0.5) is 70.2 Å². The number of benzene rings is 4. The molecule has 4 aromatic carbocycles. The minimum atomic E-state index is -2.12. The molecule has 0 unspecified atom stereocenters. The van der Waals surface area contributed by atoms with Gasteiger partial charge in [-0.2, -0.15) is 0 Å². The van der Waals surface area contributed by atoms with Crippen LogP contribution in [0.3, 0.4) is 0 Å². The summed E-state index contributed by atoms with van der Waals surface area (Å²) in [5.74, 6) is -32.9. The van der Waals surface area contributed by atoms with Crippen LogP contribution in [0, 0.1) is 93.1 Å². The molecular weight excluding hydrogens is 1230 g/mol. The second kappa shape index (κ2) is 22.5. The molecule has 8 bridgehead atoms. The summed E-state index contributed by atoms with van der Waals surface area (Å²) >= 11 is 0. The normalized spacial score (nSPS) is 12.0. The van der Waals surface area contributed by atoms with Gasteiger partial charge in [0.15, 0.2) is 118 Å². The number of hydrogen-bond acceptors (Lipinski definition) is 2. The molecule has 0 atom stereocenters. The average molecular weight is 1270 g/mol. The van der Waals surface area contributed by atoms with E-state index in [1.807, 2.05) is 0 Å². The topological polar surface area (TPSA) is 72.9 Å². The zero-order valence-electron chi connectivity index (χ0n) is 47.6. The Morgan fingerprint density at radius 3 is 0.576 bits per heavy atom. The van der Waals surface area contributed by atoms with Crippen molar-refractivity contribution in [1.82, 2.24) is 19.9 Å². The highest BCUT2D eigenvalue weighted by Gasteiger charge is 2.39. The number of rotatable bonds is 8. The van der Waals surface area contributed by atoms with Crippen LogP contribution in [-0.4, -0.2) is 19.9 Å². The van der Waals surface area contributed by atoms with E-state index in [9.17, 15) is 0 Å². The Labute approximate surface area is 508 Å². The third-order valence-electron chi connectivity index (χ3n) is 16.1. The lowest BCUT2D eigenvalue weighted by atomic mass is 9.97. The Hall–Kier alpha value is -11.0. The highest BCUT2D eigenvalue weighted by atomic mass is 19.2. The maximum Gasteiger partial charge on any atom is 0.218 e. The molecule has 2 aliphatic heterocycles. The molecule has 7 aromatic heterocycles. The summed E-state index contributed by atoms with van der Waals surface area (Å²) in [5.41, 5.74) is -22.7. The number of H-pyrrole nitrogens is 2. The average Bonchev–Trinajstić information content (AvgIpc) is 1.41. The first-order valence-electron chi connectivity index (χ1n) is 27.4. The molecule has 24 heteroatoms. The van der Waals surface area contributed by atoms with Gasteiger partial charge >= 0.3 is 0 Å². The minimum Gasteiger partial charge on any atom is -0.354 e. The number of pyridine rings is 4. The van der Waals surface area contributed by atoms with Crippen LogP contribution in [0.2, 0.25) is 0 Å². The molecule has 11 aromatic rings. The molecule has 0 saturated heterocycles. The fraction of sp³-hybridized carbons (Fsp3) is 0.0588. The Balaban J connectivity index is 1.23. The lowest BCUT2D eigenvalue weighted by molar-refractivity contribution is -0.660. The molecule has 13 rings (SSSR count). The number of fused-ring (bicyclic) bond motifs is 8. The van der Waals surface area contributed by atoms with Crippen LogP contribution in [0.1, 0.15) is 22.8 Å². The lowest BCUT2D eigenvalue weighted by Crippen LogP contribution is -2.31. The summed E-state index contributed by atoms with van der Waals surface area (Å²) in [7, 11) is 5.22. The van der Waals surface area contributed by atoms with Crippen LogP contribution in [0.25, 0.3) is 136 Å². The van der Waals surface area contributed by atoms with Crippen molar-refractivity contribution in [2.24, 2.45) is 28.2 Å². The van der Waals surface area contributed by atoms with E-state index in [2.05, 4.69) is 19.9 Å². The molecule has 0 fully saturated rings. The van der Waals surface area contributed by atoms with Crippen molar-refractivity contribution in [3.8, 4) is 89.5 Å². The zero-order valence-corrected chi connectivity index (χ0v) is 47.6. The SMILES string of the molecule is C[n+]1ccccc1-c1c(F)c(F)c(-c2c3nc(c(-c4c(F)c(F)c(-c5cccc[n+]5C)c(F)c4F)c4ccc([nH]4)c(-c4c(F)c(F)c(-c5cccc[n+]5C)c(F)c4F)c4nc(c(-c5c(F)c(F)c(-c6cccc[n+]6C)c(F)c5F)c5ccc2[nH]5)C=C4)C=C3)c(F)c1F. The van der Waals surface area contributed by atoms with Crippen molar-refractivity contribution >= 4 is 46.4 Å². The van der Waals surface area contributed by atoms with Gasteiger partial charge < -0.3 is 9.97 Å². The Morgan fingerprint density at radius 1 is 0.228 bits per heavy atom. The first kappa shape index (κ1) is 59.9.